The Kier molecular flexibility index (Phi) is 4.33. The molecule has 1 saturated heterocycles. The van der Waals surface area contributed by atoms with Crippen LogP contribution in [0, 0.1) is 24.2 Å². The molecule has 0 aromatic carbocycles. The molecule has 7 nitrogen and oxygen atoms in total. The molecule has 4 atom stereocenters. The zero-order valence-electron chi connectivity index (χ0n) is 14.1. The highest BCUT2D eigenvalue weighted by atomic mass is 16.5. The van der Waals surface area contributed by atoms with Crippen molar-refractivity contribution in [2.75, 3.05) is 7.11 Å². The van der Waals surface area contributed by atoms with E-state index in [1.807, 2.05) is 18.9 Å². The van der Waals surface area contributed by atoms with Crippen LogP contribution in [0.1, 0.15) is 44.2 Å². The quantitative estimate of drug-likeness (QED) is 0.657. The summed E-state index contributed by atoms with van der Waals surface area (Å²) in [5.41, 5.74) is 0.603. The molecule has 1 aromatic heterocycles. The Balaban J connectivity index is 1.96. The number of hydrogen-bond acceptors (Lipinski definition) is 5. The number of hydrogen-bond donors (Lipinski definition) is 1. The van der Waals surface area contributed by atoms with E-state index in [9.17, 15) is 9.59 Å². The van der Waals surface area contributed by atoms with E-state index < -0.39 is 12.1 Å². The van der Waals surface area contributed by atoms with E-state index >= 15 is 0 Å². The van der Waals surface area contributed by atoms with Crippen LogP contribution < -0.4 is 0 Å². The van der Waals surface area contributed by atoms with Crippen LogP contribution in [-0.2, 0) is 9.53 Å². The fourth-order valence-corrected chi connectivity index (χ4v) is 3.52. The van der Waals surface area contributed by atoms with Gasteiger partial charge in [0.25, 0.3) is 0 Å². The van der Waals surface area contributed by atoms with Gasteiger partial charge in [-0.3, -0.25) is 0 Å². The molecule has 2 heterocycles. The molecule has 1 amide bonds. The third kappa shape index (κ3) is 2.67. The summed E-state index contributed by atoms with van der Waals surface area (Å²) in [4.78, 5) is 31.6. The average Bonchev–Trinajstić information content (AvgIpc) is 3.02. The van der Waals surface area contributed by atoms with Crippen molar-refractivity contribution in [2.45, 2.75) is 44.8 Å². The number of nitrogens with one attached hydrogen (secondary N) is 1. The summed E-state index contributed by atoms with van der Waals surface area (Å²) >= 11 is 0. The molecule has 2 aliphatic rings. The summed E-state index contributed by atoms with van der Waals surface area (Å²) in [7, 11) is 1.33. The first-order valence-corrected chi connectivity index (χ1v) is 8.14. The van der Waals surface area contributed by atoms with Gasteiger partial charge < -0.3 is 14.5 Å². The fourth-order valence-electron chi connectivity index (χ4n) is 3.52. The van der Waals surface area contributed by atoms with Gasteiger partial charge in [0.15, 0.2) is 0 Å². The van der Waals surface area contributed by atoms with Crippen molar-refractivity contribution >= 4 is 12.4 Å². The lowest BCUT2D eigenvalue weighted by molar-refractivity contribution is -0.126. The molecular formula is C17H22N4O3. The Hall–Kier alpha value is -2.33. The van der Waals surface area contributed by atoms with E-state index in [4.69, 9.17) is 11.2 Å². The Morgan fingerprint density at radius 2 is 2.33 bits per heavy atom. The van der Waals surface area contributed by atoms with Gasteiger partial charge >= 0.3 is 6.09 Å². The largest absolute Gasteiger partial charge is 0.452 e. The van der Waals surface area contributed by atoms with E-state index in [0.717, 1.165) is 25.0 Å². The zero-order valence-corrected chi connectivity index (χ0v) is 14.1. The predicted octanol–water partition coefficient (Wildman–Crippen LogP) is 1.73. The smallest absolute Gasteiger partial charge is 0.424 e. The number of imidazole rings is 1. The summed E-state index contributed by atoms with van der Waals surface area (Å²) in [6.07, 6.45) is 9.18. The topological polar surface area (TPSA) is 78.5 Å². The highest BCUT2D eigenvalue weighted by Gasteiger charge is 2.57. The van der Waals surface area contributed by atoms with Crippen LogP contribution in [0.2, 0.25) is 0 Å². The number of carbonyl (C=O) groups is 2. The molecule has 1 N–H and O–H groups in total. The molecule has 24 heavy (non-hydrogen) atoms. The summed E-state index contributed by atoms with van der Waals surface area (Å²) < 4.78 is 4.96. The third-order valence-electron chi connectivity index (χ3n) is 4.85. The molecule has 1 saturated carbocycles. The van der Waals surface area contributed by atoms with Crippen molar-refractivity contribution in [1.29, 1.82) is 0 Å². The second kappa shape index (κ2) is 6.29. The van der Waals surface area contributed by atoms with Gasteiger partial charge in [-0.15, -0.1) is 6.42 Å². The van der Waals surface area contributed by atoms with Gasteiger partial charge in [-0.25, -0.2) is 19.8 Å². The van der Waals surface area contributed by atoms with E-state index in [0.29, 0.717) is 11.6 Å². The Bertz CT molecular complexity index is 678. The van der Waals surface area contributed by atoms with Crippen LogP contribution in [0.15, 0.2) is 6.20 Å². The number of hydrazine groups is 1. The molecule has 128 valence electrons. The normalized spacial score (nSPS) is 26.5. The number of terminal acetylenes is 1. The van der Waals surface area contributed by atoms with E-state index in [1.165, 1.54) is 12.1 Å². The number of ether oxygens (including phenoxy) is 1. The molecule has 7 heteroatoms. The minimum atomic E-state index is -0.582. The Morgan fingerprint density at radius 1 is 1.58 bits per heavy atom. The van der Waals surface area contributed by atoms with Crippen LogP contribution >= 0.6 is 0 Å². The number of carbonyl (C=O) groups excluding carboxylic acids is 2. The van der Waals surface area contributed by atoms with Crippen molar-refractivity contribution in [3.8, 4) is 12.3 Å². The lowest BCUT2D eigenvalue weighted by atomic mass is 10.1. The lowest BCUT2D eigenvalue weighted by Crippen LogP contribution is -2.55. The molecule has 2 fully saturated rings. The first kappa shape index (κ1) is 16.5. The van der Waals surface area contributed by atoms with E-state index in [1.54, 1.807) is 6.20 Å². The highest BCUT2D eigenvalue weighted by molar-refractivity contribution is 5.73. The van der Waals surface area contributed by atoms with Gasteiger partial charge in [0, 0.05) is 6.04 Å². The van der Waals surface area contributed by atoms with Crippen LogP contribution in [0.5, 0.6) is 0 Å². The lowest BCUT2D eigenvalue weighted by Gasteiger charge is -2.40. The first-order chi connectivity index (χ1) is 11.5. The van der Waals surface area contributed by atoms with Gasteiger partial charge in [-0.1, -0.05) is 19.8 Å². The van der Waals surface area contributed by atoms with Gasteiger partial charge in [-0.2, -0.15) is 0 Å². The predicted molar refractivity (Wildman–Crippen MR) is 86.5 cm³/mol. The number of aldehydes is 1. The van der Waals surface area contributed by atoms with Crippen LogP contribution in [0.25, 0.3) is 0 Å². The molecular weight excluding hydrogens is 308 g/mol. The number of aromatic amines is 1. The SMILES string of the molecule is C#Cc1cnc([C@@H]2C[C@H]3C[C@H]3N2N(C(=O)OC)[C@H](C=O)C(C)C)[nH]1. The molecule has 3 rings (SSSR count). The molecule has 0 radical (unpaired) electrons. The minimum Gasteiger partial charge on any atom is -0.452 e. The molecule has 0 bridgehead atoms. The van der Waals surface area contributed by atoms with E-state index in [2.05, 4.69) is 15.9 Å². The number of piperidine rings is 1. The monoisotopic (exact) mass is 330 g/mol. The Labute approximate surface area is 141 Å². The molecule has 1 aliphatic carbocycles. The number of nitrogens with zero attached hydrogens (tertiary/aromatic N) is 3. The van der Waals surface area contributed by atoms with Gasteiger partial charge in [0.1, 0.15) is 23.8 Å². The number of H-pyrrole nitrogens is 1. The van der Waals surface area contributed by atoms with Crippen molar-refractivity contribution in [1.82, 2.24) is 20.0 Å². The number of methoxy groups -OCH3 is 1. The minimum absolute atomic E-state index is 0.0297. The van der Waals surface area contributed by atoms with Crippen LogP contribution in [0.4, 0.5) is 4.79 Å². The van der Waals surface area contributed by atoms with Crippen LogP contribution in [-0.4, -0.2) is 51.6 Å². The molecule has 0 spiro atoms. The van der Waals surface area contributed by atoms with Gasteiger partial charge in [0.05, 0.1) is 19.3 Å². The summed E-state index contributed by atoms with van der Waals surface area (Å²) in [6.45, 7) is 3.82. The Morgan fingerprint density at radius 3 is 2.88 bits per heavy atom. The maximum atomic E-state index is 12.4. The fraction of sp³-hybridized carbons (Fsp3) is 0.588. The molecule has 1 aliphatic heterocycles. The number of rotatable bonds is 5. The average molecular weight is 330 g/mol. The van der Waals surface area contributed by atoms with Crippen molar-refractivity contribution < 1.29 is 14.3 Å². The van der Waals surface area contributed by atoms with Crippen LogP contribution in [0.3, 0.4) is 0 Å². The second-order valence-electron chi connectivity index (χ2n) is 6.71. The molecule has 0 unspecified atom stereocenters. The summed E-state index contributed by atoms with van der Waals surface area (Å²) in [5, 5.41) is 3.44. The zero-order chi connectivity index (χ0) is 17.4. The third-order valence-corrected chi connectivity index (χ3v) is 4.85. The van der Waals surface area contributed by atoms with Gasteiger partial charge in [0.2, 0.25) is 0 Å². The maximum Gasteiger partial charge on any atom is 0.424 e. The standard InChI is InChI=1S/C17H22N4O3/c1-5-12-8-18-16(19-12)14-7-11-6-13(11)20(14)21(17(23)24-4)15(9-22)10(2)3/h1,8-11,13-15H,6-7H2,2-4H3,(H,18,19)/t11-,13-,14+,15-/m1/s1. The van der Waals surface area contributed by atoms with Crippen molar-refractivity contribution in [3.05, 3.63) is 17.7 Å². The summed E-state index contributed by atoms with van der Waals surface area (Å²) in [6, 6.07) is -0.466. The number of aromatic nitrogens is 2. The van der Waals surface area contributed by atoms with E-state index in [-0.39, 0.29) is 18.0 Å². The number of fused-ring (bicyclic) bond motifs is 1. The van der Waals surface area contributed by atoms with Gasteiger partial charge in [-0.05, 0) is 24.7 Å². The first-order valence-electron chi connectivity index (χ1n) is 8.14. The van der Waals surface area contributed by atoms with Crippen molar-refractivity contribution in [3.63, 3.8) is 0 Å². The highest BCUT2D eigenvalue weighted by Crippen LogP contribution is 2.54. The second-order valence-corrected chi connectivity index (χ2v) is 6.71. The van der Waals surface area contributed by atoms with Crippen molar-refractivity contribution in [2.24, 2.45) is 11.8 Å². The maximum absolute atomic E-state index is 12.4. The summed E-state index contributed by atoms with van der Waals surface area (Å²) in [5.74, 6) is 3.72. The number of amides is 1. The molecule has 1 aromatic rings.